The maximum Gasteiger partial charge on any atom is 0.321 e. The number of benzene rings is 1. The number of amides is 2. The summed E-state index contributed by atoms with van der Waals surface area (Å²) in [5.74, 6) is -0.303. The molecule has 2 aliphatic heterocycles. The molecular formula is C17H24FN3O2. The van der Waals surface area contributed by atoms with Crippen LogP contribution in [0.25, 0.3) is 0 Å². The first kappa shape index (κ1) is 16.2. The van der Waals surface area contributed by atoms with E-state index in [-0.39, 0.29) is 11.8 Å². The molecule has 0 bridgehead atoms. The van der Waals surface area contributed by atoms with Crippen LogP contribution < -0.4 is 5.32 Å². The fourth-order valence-corrected chi connectivity index (χ4v) is 3.17. The number of carbonyl (C=O) groups excluding carboxylic acids is 1. The van der Waals surface area contributed by atoms with Crippen molar-refractivity contribution in [1.29, 1.82) is 0 Å². The summed E-state index contributed by atoms with van der Waals surface area (Å²) in [7, 11) is 0. The van der Waals surface area contributed by atoms with Crippen LogP contribution in [-0.4, -0.2) is 61.3 Å². The Morgan fingerprint density at radius 1 is 1.17 bits per heavy atom. The van der Waals surface area contributed by atoms with Crippen LogP contribution in [0.15, 0.2) is 24.3 Å². The Morgan fingerprint density at radius 2 is 2.00 bits per heavy atom. The molecule has 2 aliphatic rings. The quantitative estimate of drug-likeness (QED) is 0.930. The van der Waals surface area contributed by atoms with Gasteiger partial charge < -0.3 is 15.0 Å². The molecule has 1 atom stereocenters. The van der Waals surface area contributed by atoms with Gasteiger partial charge in [0.05, 0.1) is 6.10 Å². The normalized spacial score (nSPS) is 22.8. The molecule has 0 aromatic heterocycles. The van der Waals surface area contributed by atoms with Gasteiger partial charge in [0.25, 0.3) is 0 Å². The third-order valence-corrected chi connectivity index (χ3v) is 4.46. The smallest absolute Gasteiger partial charge is 0.321 e. The van der Waals surface area contributed by atoms with E-state index in [1.54, 1.807) is 12.1 Å². The highest BCUT2D eigenvalue weighted by molar-refractivity contribution is 5.89. The number of nitrogens with zero attached hydrogens (tertiary/aromatic N) is 2. The van der Waals surface area contributed by atoms with Crippen molar-refractivity contribution < 1.29 is 13.9 Å². The minimum atomic E-state index is -0.303. The van der Waals surface area contributed by atoms with Crippen LogP contribution >= 0.6 is 0 Å². The Morgan fingerprint density at radius 3 is 2.74 bits per heavy atom. The predicted molar refractivity (Wildman–Crippen MR) is 87.0 cm³/mol. The van der Waals surface area contributed by atoms with Gasteiger partial charge >= 0.3 is 6.03 Å². The summed E-state index contributed by atoms with van der Waals surface area (Å²) in [5.41, 5.74) is 0.622. The van der Waals surface area contributed by atoms with Gasteiger partial charge in [-0.15, -0.1) is 0 Å². The van der Waals surface area contributed by atoms with Crippen LogP contribution in [0.3, 0.4) is 0 Å². The highest BCUT2D eigenvalue weighted by atomic mass is 19.1. The summed E-state index contributed by atoms with van der Waals surface area (Å²) in [6.07, 6.45) is 3.62. The maximum atomic E-state index is 12.9. The molecule has 1 unspecified atom stereocenters. The first-order valence-corrected chi connectivity index (χ1v) is 8.36. The van der Waals surface area contributed by atoms with E-state index >= 15 is 0 Å². The Bertz CT molecular complexity index is 517. The van der Waals surface area contributed by atoms with Crippen molar-refractivity contribution in [2.75, 3.05) is 44.6 Å². The molecule has 2 saturated heterocycles. The standard InChI is InChI=1S/C17H24FN3O2/c18-14-4-6-15(7-5-14)19-17(22)21-9-2-8-20(10-11-21)13-16-3-1-12-23-16/h4-7,16H,1-3,8-13H2,(H,19,22). The SMILES string of the molecule is O=C(Nc1ccc(F)cc1)N1CCCN(CC2CCCO2)CC1. The fraction of sp³-hybridized carbons (Fsp3) is 0.588. The van der Waals surface area contributed by atoms with Crippen molar-refractivity contribution in [3.63, 3.8) is 0 Å². The van der Waals surface area contributed by atoms with Crippen molar-refractivity contribution >= 4 is 11.7 Å². The van der Waals surface area contributed by atoms with Crippen LogP contribution in [0.5, 0.6) is 0 Å². The zero-order chi connectivity index (χ0) is 16.1. The molecular weight excluding hydrogens is 297 g/mol. The monoisotopic (exact) mass is 321 g/mol. The number of urea groups is 1. The summed E-state index contributed by atoms with van der Waals surface area (Å²) in [6.45, 7) is 5.17. The van der Waals surface area contributed by atoms with E-state index in [9.17, 15) is 9.18 Å². The van der Waals surface area contributed by atoms with Gasteiger partial charge in [-0.3, -0.25) is 4.90 Å². The van der Waals surface area contributed by atoms with Gasteiger partial charge in [0.15, 0.2) is 0 Å². The fourth-order valence-electron chi connectivity index (χ4n) is 3.17. The third kappa shape index (κ3) is 4.65. The van der Waals surface area contributed by atoms with E-state index in [4.69, 9.17) is 4.74 Å². The number of ether oxygens (including phenoxy) is 1. The Balaban J connectivity index is 1.48. The highest BCUT2D eigenvalue weighted by Crippen LogP contribution is 2.15. The summed E-state index contributed by atoms with van der Waals surface area (Å²) < 4.78 is 18.6. The van der Waals surface area contributed by atoms with E-state index in [1.165, 1.54) is 12.1 Å². The zero-order valence-electron chi connectivity index (χ0n) is 13.3. The van der Waals surface area contributed by atoms with E-state index < -0.39 is 0 Å². The van der Waals surface area contributed by atoms with Crippen molar-refractivity contribution in [2.24, 2.45) is 0 Å². The van der Waals surface area contributed by atoms with Gasteiger partial charge in [-0.2, -0.15) is 0 Å². The van der Waals surface area contributed by atoms with Gasteiger partial charge in [-0.25, -0.2) is 9.18 Å². The Labute approximate surface area is 136 Å². The second-order valence-corrected chi connectivity index (χ2v) is 6.21. The molecule has 6 heteroatoms. The molecule has 2 fully saturated rings. The highest BCUT2D eigenvalue weighted by Gasteiger charge is 2.23. The summed E-state index contributed by atoms with van der Waals surface area (Å²) in [5, 5.41) is 2.83. The number of carbonyl (C=O) groups is 1. The van der Waals surface area contributed by atoms with Gasteiger partial charge in [0.1, 0.15) is 5.82 Å². The number of anilines is 1. The molecule has 5 nitrogen and oxygen atoms in total. The van der Waals surface area contributed by atoms with Gasteiger partial charge in [0, 0.05) is 38.5 Å². The molecule has 0 radical (unpaired) electrons. The van der Waals surface area contributed by atoms with Crippen LogP contribution in [0.2, 0.25) is 0 Å². The second-order valence-electron chi connectivity index (χ2n) is 6.21. The first-order chi connectivity index (χ1) is 11.2. The van der Waals surface area contributed by atoms with E-state index in [0.717, 1.165) is 52.0 Å². The van der Waals surface area contributed by atoms with Gasteiger partial charge in [0.2, 0.25) is 0 Å². The first-order valence-electron chi connectivity index (χ1n) is 8.36. The van der Waals surface area contributed by atoms with E-state index in [2.05, 4.69) is 10.2 Å². The largest absolute Gasteiger partial charge is 0.377 e. The average molecular weight is 321 g/mol. The van der Waals surface area contributed by atoms with Gasteiger partial charge in [-0.05, 0) is 50.1 Å². The molecule has 0 aliphatic carbocycles. The molecule has 23 heavy (non-hydrogen) atoms. The lowest BCUT2D eigenvalue weighted by molar-refractivity contribution is 0.0747. The minimum Gasteiger partial charge on any atom is -0.377 e. The molecule has 1 aromatic carbocycles. The number of rotatable bonds is 3. The van der Waals surface area contributed by atoms with E-state index in [0.29, 0.717) is 18.3 Å². The van der Waals surface area contributed by atoms with Crippen LogP contribution in [0.1, 0.15) is 19.3 Å². The van der Waals surface area contributed by atoms with Crippen LogP contribution in [0, 0.1) is 5.82 Å². The van der Waals surface area contributed by atoms with Crippen molar-refractivity contribution in [3.05, 3.63) is 30.1 Å². The van der Waals surface area contributed by atoms with Crippen molar-refractivity contribution in [2.45, 2.75) is 25.4 Å². The molecule has 1 aromatic rings. The topological polar surface area (TPSA) is 44.8 Å². The predicted octanol–water partition coefficient (Wildman–Crippen LogP) is 2.54. The Hall–Kier alpha value is -1.66. The van der Waals surface area contributed by atoms with Crippen LogP contribution in [-0.2, 0) is 4.74 Å². The lowest BCUT2D eigenvalue weighted by atomic mass is 10.2. The summed E-state index contributed by atoms with van der Waals surface area (Å²) in [4.78, 5) is 16.6. The lowest BCUT2D eigenvalue weighted by Crippen LogP contribution is -2.39. The third-order valence-electron chi connectivity index (χ3n) is 4.46. The number of nitrogens with one attached hydrogen (secondary N) is 1. The minimum absolute atomic E-state index is 0.115. The van der Waals surface area contributed by atoms with Crippen molar-refractivity contribution in [3.8, 4) is 0 Å². The number of hydrogen-bond donors (Lipinski definition) is 1. The maximum absolute atomic E-state index is 12.9. The Kier molecular flexibility index (Phi) is 5.46. The van der Waals surface area contributed by atoms with Gasteiger partial charge in [-0.1, -0.05) is 0 Å². The zero-order valence-corrected chi connectivity index (χ0v) is 13.3. The number of hydrogen-bond acceptors (Lipinski definition) is 3. The molecule has 2 heterocycles. The second kappa shape index (κ2) is 7.75. The molecule has 1 N–H and O–H groups in total. The average Bonchev–Trinajstić information content (AvgIpc) is 2.94. The molecule has 126 valence electrons. The van der Waals surface area contributed by atoms with E-state index in [1.807, 2.05) is 4.90 Å². The molecule has 0 spiro atoms. The summed E-state index contributed by atoms with van der Waals surface area (Å²) >= 11 is 0. The lowest BCUT2D eigenvalue weighted by Gasteiger charge is -2.24. The molecule has 2 amide bonds. The summed E-state index contributed by atoms with van der Waals surface area (Å²) in [6, 6.07) is 5.74. The number of halogens is 1. The molecule has 3 rings (SSSR count). The van der Waals surface area contributed by atoms with Crippen molar-refractivity contribution in [1.82, 2.24) is 9.80 Å². The van der Waals surface area contributed by atoms with Crippen LogP contribution in [0.4, 0.5) is 14.9 Å². The molecule has 0 saturated carbocycles.